The number of aliphatic carboxylic acids is 1. The highest BCUT2D eigenvalue weighted by Crippen LogP contribution is 2.15. The van der Waals surface area contributed by atoms with Gasteiger partial charge in [-0.25, -0.2) is 4.79 Å². The average molecular weight is 258 g/mol. The Hall–Kier alpha value is -2.43. The van der Waals surface area contributed by atoms with E-state index in [0.29, 0.717) is 17.9 Å². The molecule has 0 saturated carbocycles. The standard InChI is InChI=1S/C14H14N2O3/c1-9-12(13(17)14(18)19)10(2)16(15-9)8-11-6-4-3-5-7-11/h3-7H,8H2,1-2H3,(H,18,19). The third-order valence-electron chi connectivity index (χ3n) is 2.98. The van der Waals surface area contributed by atoms with Crippen LogP contribution in [0.25, 0.3) is 0 Å². The van der Waals surface area contributed by atoms with Gasteiger partial charge in [0.15, 0.2) is 0 Å². The number of Topliss-reactive ketones (excluding diaryl/α,β-unsaturated/α-hetero) is 1. The molecule has 2 rings (SSSR count). The fourth-order valence-corrected chi connectivity index (χ4v) is 2.04. The number of hydrogen-bond donors (Lipinski definition) is 1. The van der Waals surface area contributed by atoms with Gasteiger partial charge >= 0.3 is 5.97 Å². The highest BCUT2D eigenvalue weighted by atomic mass is 16.4. The number of carbonyl (C=O) groups is 2. The highest BCUT2D eigenvalue weighted by Gasteiger charge is 2.23. The lowest BCUT2D eigenvalue weighted by atomic mass is 10.1. The third kappa shape index (κ3) is 2.54. The maximum absolute atomic E-state index is 11.6. The van der Waals surface area contributed by atoms with Crippen LogP contribution in [0.1, 0.15) is 27.3 Å². The van der Waals surface area contributed by atoms with E-state index in [1.54, 1.807) is 18.5 Å². The van der Waals surface area contributed by atoms with E-state index in [0.717, 1.165) is 5.56 Å². The minimum Gasteiger partial charge on any atom is -0.475 e. The van der Waals surface area contributed by atoms with Gasteiger partial charge in [0, 0.05) is 5.69 Å². The second kappa shape index (κ2) is 5.06. The lowest BCUT2D eigenvalue weighted by molar-refractivity contribution is -0.131. The maximum Gasteiger partial charge on any atom is 0.377 e. The lowest BCUT2D eigenvalue weighted by Crippen LogP contribution is -2.15. The van der Waals surface area contributed by atoms with E-state index in [4.69, 9.17) is 5.11 Å². The van der Waals surface area contributed by atoms with E-state index in [2.05, 4.69) is 5.10 Å². The van der Waals surface area contributed by atoms with Gasteiger partial charge < -0.3 is 5.11 Å². The van der Waals surface area contributed by atoms with Crippen molar-refractivity contribution in [3.05, 3.63) is 52.8 Å². The molecule has 0 amide bonds. The van der Waals surface area contributed by atoms with Crippen LogP contribution in [0.3, 0.4) is 0 Å². The predicted octanol–water partition coefficient (Wildman–Crippen LogP) is 1.82. The predicted molar refractivity (Wildman–Crippen MR) is 69.2 cm³/mol. The largest absolute Gasteiger partial charge is 0.475 e. The summed E-state index contributed by atoms with van der Waals surface area (Å²) < 4.78 is 1.65. The van der Waals surface area contributed by atoms with E-state index in [1.807, 2.05) is 30.3 Å². The van der Waals surface area contributed by atoms with E-state index in [-0.39, 0.29) is 5.56 Å². The number of carboxylic acids is 1. The molecule has 0 unspecified atom stereocenters. The number of carbonyl (C=O) groups excluding carboxylic acids is 1. The SMILES string of the molecule is Cc1nn(Cc2ccccc2)c(C)c1C(=O)C(=O)O. The van der Waals surface area contributed by atoms with Crippen LogP contribution in [-0.4, -0.2) is 26.6 Å². The quantitative estimate of drug-likeness (QED) is 0.670. The number of hydrogen-bond acceptors (Lipinski definition) is 3. The van der Waals surface area contributed by atoms with Gasteiger partial charge in [-0.2, -0.15) is 5.10 Å². The van der Waals surface area contributed by atoms with Crippen molar-refractivity contribution < 1.29 is 14.7 Å². The molecule has 1 N–H and O–H groups in total. The summed E-state index contributed by atoms with van der Waals surface area (Å²) in [6, 6.07) is 9.67. The third-order valence-corrected chi connectivity index (χ3v) is 2.98. The maximum atomic E-state index is 11.6. The second-order valence-corrected chi connectivity index (χ2v) is 4.32. The van der Waals surface area contributed by atoms with Gasteiger partial charge in [-0.1, -0.05) is 30.3 Å². The first-order chi connectivity index (χ1) is 9.00. The van der Waals surface area contributed by atoms with Crippen molar-refractivity contribution in [1.82, 2.24) is 9.78 Å². The molecular weight excluding hydrogens is 244 g/mol. The van der Waals surface area contributed by atoms with Crippen molar-refractivity contribution in [3.63, 3.8) is 0 Å². The molecule has 5 heteroatoms. The normalized spacial score (nSPS) is 10.4. The summed E-state index contributed by atoms with van der Waals surface area (Å²) in [5.41, 5.74) is 2.25. The molecule has 0 spiro atoms. The Kier molecular flexibility index (Phi) is 3.46. The van der Waals surface area contributed by atoms with Crippen molar-refractivity contribution in [2.24, 2.45) is 0 Å². The van der Waals surface area contributed by atoms with E-state index >= 15 is 0 Å². The van der Waals surface area contributed by atoms with Gasteiger partial charge in [0.25, 0.3) is 5.78 Å². The van der Waals surface area contributed by atoms with Gasteiger partial charge in [-0.15, -0.1) is 0 Å². The molecule has 0 aliphatic carbocycles. The number of ketones is 1. The summed E-state index contributed by atoms with van der Waals surface area (Å²) in [6.07, 6.45) is 0. The highest BCUT2D eigenvalue weighted by molar-refractivity contribution is 6.40. The Morgan fingerprint density at radius 3 is 2.42 bits per heavy atom. The fourth-order valence-electron chi connectivity index (χ4n) is 2.04. The number of benzene rings is 1. The van der Waals surface area contributed by atoms with Crippen LogP contribution in [-0.2, 0) is 11.3 Å². The molecule has 0 aliphatic heterocycles. The Morgan fingerprint density at radius 1 is 1.21 bits per heavy atom. The first-order valence-corrected chi connectivity index (χ1v) is 5.86. The summed E-state index contributed by atoms with van der Waals surface area (Å²) in [5, 5.41) is 13.0. The molecule has 0 fully saturated rings. The van der Waals surface area contributed by atoms with Crippen molar-refractivity contribution in [2.75, 3.05) is 0 Å². The molecule has 0 radical (unpaired) electrons. The zero-order chi connectivity index (χ0) is 14.0. The molecule has 2 aromatic rings. The summed E-state index contributed by atoms with van der Waals surface area (Å²) in [5.74, 6) is -2.36. The molecule has 19 heavy (non-hydrogen) atoms. The monoisotopic (exact) mass is 258 g/mol. The molecular formula is C14H14N2O3. The van der Waals surface area contributed by atoms with Gasteiger partial charge in [-0.05, 0) is 19.4 Å². The number of aryl methyl sites for hydroxylation is 1. The van der Waals surface area contributed by atoms with E-state index < -0.39 is 11.8 Å². The van der Waals surface area contributed by atoms with Crippen LogP contribution in [0.2, 0.25) is 0 Å². The van der Waals surface area contributed by atoms with Crippen LogP contribution in [0, 0.1) is 13.8 Å². The molecule has 1 heterocycles. The topological polar surface area (TPSA) is 72.2 Å². The van der Waals surface area contributed by atoms with E-state index in [9.17, 15) is 9.59 Å². The molecule has 1 aromatic heterocycles. The van der Waals surface area contributed by atoms with Crippen molar-refractivity contribution in [3.8, 4) is 0 Å². The first-order valence-electron chi connectivity index (χ1n) is 5.86. The van der Waals surface area contributed by atoms with Crippen LogP contribution in [0.5, 0.6) is 0 Å². The second-order valence-electron chi connectivity index (χ2n) is 4.32. The average Bonchev–Trinajstić information content (AvgIpc) is 2.65. The Balaban J connectivity index is 2.37. The summed E-state index contributed by atoms with van der Waals surface area (Å²) in [7, 11) is 0. The van der Waals surface area contributed by atoms with Crippen LogP contribution in [0.15, 0.2) is 30.3 Å². The summed E-state index contributed by atoms with van der Waals surface area (Å²) >= 11 is 0. The molecule has 5 nitrogen and oxygen atoms in total. The smallest absolute Gasteiger partial charge is 0.377 e. The number of aromatic nitrogens is 2. The number of carboxylic acid groups (broad SMARTS) is 1. The van der Waals surface area contributed by atoms with Crippen molar-refractivity contribution in [2.45, 2.75) is 20.4 Å². The van der Waals surface area contributed by atoms with Crippen LogP contribution >= 0.6 is 0 Å². The van der Waals surface area contributed by atoms with Gasteiger partial charge in [0.2, 0.25) is 0 Å². The fraction of sp³-hybridized carbons (Fsp3) is 0.214. The van der Waals surface area contributed by atoms with Gasteiger partial charge in [0.05, 0.1) is 17.8 Å². The Morgan fingerprint density at radius 2 is 1.84 bits per heavy atom. The van der Waals surface area contributed by atoms with Crippen molar-refractivity contribution in [1.29, 1.82) is 0 Å². The lowest BCUT2D eigenvalue weighted by Gasteiger charge is -2.04. The molecule has 0 atom stereocenters. The Labute approximate surface area is 110 Å². The number of rotatable bonds is 4. The zero-order valence-corrected chi connectivity index (χ0v) is 10.8. The van der Waals surface area contributed by atoms with Crippen LogP contribution < -0.4 is 0 Å². The molecule has 0 aliphatic rings. The van der Waals surface area contributed by atoms with Crippen molar-refractivity contribution >= 4 is 11.8 Å². The molecule has 0 bridgehead atoms. The number of nitrogens with zero attached hydrogens (tertiary/aromatic N) is 2. The zero-order valence-electron chi connectivity index (χ0n) is 10.8. The Bertz CT molecular complexity index is 630. The van der Waals surface area contributed by atoms with Gasteiger partial charge in [0.1, 0.15) is 0 Å². The summed E-state index contributed by atoms with van der Waals surface area (Å²) in [4.78, 5) is 22.4. The summed E-state index contributed by atoms with van der Waals surface area (Å²) in [6.45, 7) is 3.87. The minimum absolute atomic E-state index is 0.184. The molecule has 0 saturated heterocycles. The first kappa shape index (κ1) is 13.0. The minimum atomic E-state index is -1.45. The van der Waals surface area contributed by atoms with Crippen LogP contribution in [0.4, 0.5) is 0 Å². The van der Waals surface area contributed by atoms with Gasteiger partial charge in [-0.3, -0.25) is 9.48 Å². The molecule has 98 valence electrons. The van der Waals surface area contributed by atoms with E-state index in [1.165, 1.54) is 0 Å². The molecule has 1 aromatic carbocycles.